The van der Waals surface area contributed by atoms with Crippen LogP contribution in [0.5, 0.6) is 5.75 Å². The molecule has 0 spiro atoms. The zero-order chi connectivity index (χ0) is 16.3. The smallest absolute Gasteiger partial charge is 0.165 e. The van der Waals surface area contributed by atoms with Gasteiger partial charge in [0.25, 0.3) is 0 Å². The lowest BCUT2D eigenvalue weighted by molar-refractivity contribution is 0.386. The first-order chi connectivity index (χ1) is 10.5. The van der Waals surface area contributed by atoms with Crippen LogP contribution in [0.25, 0.3) is 0 Å². The molecule has 22 heavy (non-hydrogen) atoms. The average Bonchev–Trinajstić information content (AvgIpc) is 2.51. The van der Waals surface area contributed by atoms with Crippen LogP contribution in [0, 0.1) is 37.9 Å². The van der Waals surface area contributed by atoms with Gasteiger partial charge in [0, 0.05) is 11.4 Å². The Bertz CT molecular complexity index is 753. The van der Waals surface area contributed by atoms with E-state index < -0.39 is 0 Å². The van der Waals surface area contributed by atoms with Gasteiger partial charge in [0.2, 0.25) is 0 Å². The summed E-state index contributed by atoms with van der Waals surface area (Å²) in [5.74, 6) is 0.391. The van der Waals surface area contributed by atoms with Crippen molar-refractivity contribution >= 4 is 11.8 Å². The lowest BCUT2D eigenvalue weighted by Gasteiger charge is -2.11. The normalized spacial score (nSPS) is 10.4. The molecule has 1 heterocycles. The lowest BCUT2D eigenvalue weighted by Crippen LogP contribution is -1.99. The Hall–Kier alpha value is -2.06. The van der Waals surface area contributed by atoms with Gasteiger partial charge < -0.3 is 4.74 Å². The van der Waals surface area contributed by atoms with Crippen molar-refractivity contribution in [1.29, 1.82) is 5.26 Å². The second kappa shape index (κ2) is 6.80. The molecule has 0 fully saturated rings. The van der Waals surface area contributed by atoms with Crippen molar-refractivity contribution in [3.8, 4) is 11.8 Å². The van der Waals surface area contributed by atoms with E-state index in [1.807, 2.05) is 26.8 Å². The van der Waals surface area contributed by atoms with Crippen LogP contribution in [-0.4, -0.2) is 12.1 Å². The molecule has 1 aromatic heterocycles. The topological polar surface area (TPSA) is 45.9 Å². The molecule has 0 aliphatic rings. The van der Waals surface area contributed by atoms with E-state index in [2.05, 4.69) is 11.1 Å². The van der Waals surface area contributed by atoms with Gasteiger partial charge in [0.1, 0.15) is 11.1 Å². The molecule has 0 amide bonds. The van der Waals surface area contributed by atoms with Gasteiger partial charge in [-0.3, -0.25) is 0 Å². The Labute approximate surface area is 134 Å². The molecular formula is C17H17FN2OS. The van der Waals surface area contributed by atoms with Crippen molar-refractivity contribution in [3.05, 3.63) is 52.0 Å². The maximum atomic E-state index is 13.7. The summed E-state index contributed by atoms with van der Waals surface area (Å²) in [6, 6.07) is 7.09. The van der Waals surface area contributed by atoms with Crippen LogP contribution in [0.3, 0.4) is 0 Å². The van der Waals surface area contributed by atoms with Crippen LogP contribution in [0.1, 0.15) is 27.9 Å². The molecule has 1 aromatic carbocycles. The standard InChI is InChI=1S/C17H17FN2OS/c1-10-11(2)14(8-19)17(20-12(10)3)22-9-13-5-6-16(21-4)15(18)7-13/h5-7H,9H2,1-4H3. The molecule has 0 saturated heterocycles. The van der Waals surface area contributed by atoms with Gasteiger partial charge in [-0.25, -0.2) is 9.37 Å². The van der Waals surface area contributed by atoms with Crippen LogP contribution >= 0.6 is 11.8 Å². The fourth-order valence-electron chi connectivity index (χ4n) is 2.10. The average molecular weight is 316 g/mol. The van der Waals surface area contributed by atoms with Gasteiger partial charge in [0.15, 0.2) is 11.6 Å². The summed E-state index contributed by atoms with van der Waals surface area (Å²) in [4.78, 5) is 4.50. The number of aromatic nitrogens is 1. The van der Waals surface area contributed by atoms with E-state index in [0.717, 1.165) is 22.4 Å². The first kappa shape index (κ1) is 16.3. The number of hydrogen-bond donors (Lipinski definition) is 0. The zero-order valence-electron chi connectivity index (χ0n) is 13.0. The van der Waals surface area contributed by atoms with Crippen LogP contribution in [-0.2, 0) is 5.75 Å². The summed E-state index contributed by atoms with van der Waals surface area (Å²) in [6.07, 6.45) is 0. The highest BCUT2D eigenvalue weighted by atomic mass is 32.2. The fourth-order valence-corrected chi connectivity index (χ4v) is 3.13. The third-order valence-electron chi connectivity index (χ3n) is 3.67. The molecule has 0 unspecified atom stereocenters. The van der Waals surface area contributed by atoms with E-state index in [1.54, 1.807) is 6.07 Å². The van der Waals surface area contributed by atoms with E-state index in [1.165, 1.54) is 24.9 Å². The number of nitrogens with zero attached hydrogens (tertiary/aromatic N) is 2. The van der Waals surface area contributed by atoms with Gasteiger partial charge in [0.05, 0.1) is 12.7 Å². The first-order valence-electron chi connectivity index (χ1n) is 6.81. The van der Waals surface area contributed by atoms with Gasteiger partial charge in [-0.2, -0.15) is 5.26 Å². The highest BCUT2D eigenvalue weighted by Gasteiger charge is 2.13. The molecule has 0 saturated carbocycles. The molecule has 2 rings (SSSR count). The molecule has 114 valence electrons. The Morgan fingerprint density at radius 3 is 2.59 bits per heavy atom. The second-order valence-electron chi connectivity index (χ2n) is 5.00. The lowest BCUT2D eigenvalue weighted by atomic mass is 10.1. The largest absolute Gasteiger partial charge is 0.494 e. The summed E-state index contributed by atoms with van der Waals surface area (Å²) in [5, 5.41) is 10.0. The Morgan fingerprint density at radius 2 is 2.00 bits per heavy atom. The molecular weight excluding hydrogens is 299 g/mol. The summed E-state index contributed by atoms with van der Waals surface area (Å²) in [6.45, 7) is 5.83. The number of methoxy groups -OCH3 is 1. The molecule has 0 atom stereocenters. The van der Waals surface area contributed by atoms with Crippen molar-refractivity contribution in [3.63, 3.8) is 0 Å². The van der Waals surface area contributed by atoms with Gasteiger partial charge >= 0.3 is 0 Å². The highest BCUT2D eigenvalue weighted by molar-refractivity contribution is 7.98. The number of thioether (sulfide) groups is 1. The van der Waals surface area contributed by atoms with Crippen molar-refractivity contribution in [2.45, 2.75) is 31.6 Å². The van der Waals surface area contributed by atoms with Crippen LogP contribution < -0.4 is 4.74 Å². The number of rotatable bonds is 4. The number of hydrogen-bond acceptors (Lipinski definition) is 4. The number of pyridine rings is 1. The highest BCUT2D eigenvalue weighted by Crippen LogP contribution is 2.29. The summed E-state index contributed by atoms with van der Waals surface area (Å²) >= 11 is 1.44. The number of benzene rings is 1. The molecule has 3 nitrogen and oxygen atoms in total. The minimum atomic E-state index is -0.384. The van der Waals surface area contributed by atoms with E-state index in [0.29, 0.717) is 16.3 Å². The number of nitriles is 1. The molecule has 0 N–H and O–H groups in total. The summed E-state index contributed by atoms with van der Waals surface area (Å²) in [7, 11) is 1.44. The first-order valence-corrected chi connectivity index (χ1v) is 7.79. The monoisotopic (exact) mass is 316 g/mol. The van der Waals surface area contributed by atoms with Crippen LogP contribution in [0.4, 0.5) is 4.39 Å². The number of halogens is 1. The van der Waals surface area contributed by atoms with E-state index >= 15 is 0 Å². The molecule has 5 heteroatoms. The second-order valence-corrected chi connectivity index (χ2v) is 5.96. The van der Waals surface area contributed by atoms with Crippen molar-refractivity contribution in [2.75, 3.05) is 7.11 Å². The number of ether oxygens (including phenoxy) is 1. The van der Waals surface area contributed by atoms with Crippen molar-refractivity contribution < 1.29 is 9.13 Å². The van der Waals surface area contributed by atoms with E-state index in [9.17, 15) is 9.65 Å². The Balaban J connectivity index is 2.25. The number of aryl methyl sites for hydroxylation is 1. The van der Waals surface area contributed by atoms with E-state index in [-0.39, 0.29) is 11.6 Å². The third kappa shape index (κ3) is 3.23. The minimum Gasteiger partial charge on any atom is -0.494 e. The van der Waals surface area contributed by atoms with Crippen molar-refractivity contribution in [2.24, 2.45) is 0 Å². The van der Waals surface area contributed by atoms with Crippen LogP contribution in [0.2, 0.25) is 0 Å². The molecule has 0 aliphatic heterocycles. The Morgan fingerprint density at radius 1 is 1.27 bits per heavy atom. The zero-order valence-corrected chi connectivity index (χ0v) is 13.8. The quantitative estimate of drug-likeness (QED) is 0.788. The molecule has 0 aliphatic carbocycles. The predicted molar refractivity (Wildman–Crippen MR) is 85.7 cm³/mol. The molecule has 2 aromatic rings. The third-order valence-corrected chi connectivity index (χ3v) is 4.71. The van der Waals surface area contributed by atoms with Gasteiger partial charge in [-0.05, 0) is 49.6 Å². The fraction of sp³-hybridized carbons (Fsp3) is 0.294. The van der Waals surface area contributed by atoms with Gasteiger partial charge in [-0.15, -0.1) is 11.8 Å². The summed E-state index contributed by atoms with van der Waals surface area (Å²) < 4.78 is 18.6. The molecule has 0 bridgehead atoms. The maximum absolute atomic E-state index is 13.7. The van der Waals surface area contributed by atoms with Crippen LogP contribution in [0.15, 0.2) is 23.2 Å². The predicted octanol–water partition coefficient (Wildman–Crippen LogP) is 4.32. The van der Waals surface area contributed by atoms with Gasteiger partial charge in [-0.1, -0.05) is 6.07 Å². The van der Waals surface area contributed by atoms with Crippen molar-refractivity contribution in [1.82, 2.24) is 4.98 Å². The minimum absolute atomic E-state index is 0.228. The summed E-state index contributed by atoms with van der Waals surface area (Å²) in [5.41, 5.74) is 4.33. The SMILES string of the molecule is COc1ccc(CSc2nc(C)c(C)c(C)c2C#N)cc1F. The Kier molecular flexibility index (Phi) is 5.04. The van der Waals surface area contributed by atoms with E-state index in [4.69, 9.17) is 4.74 Å². The maximum Gasteiger partial charge on any atom is 0.165 e. The molecule has 0 radical (unpaired) electrons.